The maximum Gasteiger partial charge on any atom is 0.257 e. The number of likely N-dealkylation sites (tertiary alicyclic amines) is 1. The summed E-state index contributed by atoms with van der Waals surface area (Å²) in [6.07, 6.45) is 5.94. The first kappa shape index (κ1) is 18.2. The molecule has 6 nitrogen and oxygen atoms in total. The topological polar surface area (TPSA) is 66.2 Å². The molecule has 138 valence electrons. The molecule has 0 radical (unpaired) electrons. The highest BCUT2D eigenvalue weighted by atomic mass is 16.5. The van der Waals surface area contributed by atoms with Crippen LogP contribution in [0, 0.1) is 5.41 Å². The first-order valence-electron chi connectivity index (χ1n) is 9.04. The summed E-state index contributed by atoms with van der Waals surface area (Å²) in [5.74, 6) is 0.792. The minimum atomic E-state index is -0.254. The van der Waals surface area contributed by atoms with E-state index in [9.17, 15) is 9.90 Å². The zero-order valence-electron chi connectivity index (χ0n) is 14.8. The summed E-state index contributed by atoms with van der Waals surface area (Å²) in [6.45, 7) is 9.12. The van der Waals surface area contributed by atoms with Gasteiger partial charge in [-0.3, -0.25) is 9.69 Å². The lowest BCUT2D eigenvalue weighted by Crippen LogP contribution is -2.47. The Balaban J connectivity index is 1.63. The number of furan rings is 1. The molecule has 1 aromatic heterocycles. The van der Waals surface area contributed by atoms with Crippen molar-refractivity contribution in [1.29, 1.82) is 0 Å². The molecule has 2 aliphatic heterocycles. The van der Waals surface area contributed by atoms with Crippen LogP contribution in [-0.4, -0.2) is 66.8 Å². The molecule has 25 heavy (non-hydrogen) atoms. The number of ether oxygens (including phenoxy) is 1. The highest BCUT2D eigenvalue weighted by Crippen LogP contribution is 2.34. The van der Waals surface area contributed by atoms with Gasteiger partial charge in [-0.05, 0) is 25.3 Å². The summed E-state index contributed by atoms with van der Waals surface area (Å²) in [6, 6.07) is 1.85. The van der Waals surface area contributed by atoms with Gasteiger partial charge in [0.15, 0.2) is 0 Å². The maximum atomic E-state index is 12.8. The Labute approximate surface area is 149 Å². The highest BCUT2D eigenvalue weighted by molar-refractivity contribution is 5.94. The van der Waals surface area contributed by atoms with Gasteiger partial charge in [-0.15, -0.1) is 6.58 Å². The number of amides is 1. The number of hydrogen-bond acceptors (Lipinski definition) is 5. The maximum absolute atomic E-state index is 12.8. The molecule has 0 aliphatic carbocycles. The van der Waals surface area contributed by atoms with Crippen molar-refractivity contribution in [2.24, 2.45) is 5.41 Å². The highest BCUT2D eigenvalue weighted by Gasteiger charge is 2.36. The number of allylic oxidation sites excluding steroid dienone is 1. The van der Waals surface area contributed by atoms with Crippen LogP contribution in [0.3, 0.4) is 0 Å². The third kappa shape index (κ3) is 4.32. The second-order valence-corrected chi connectivity index (χ2v) is 7.17. The van der Waals surface area contributed by atoms with Crippen LogP contribution in [0.2, 0.25) is 0 Å². The number of hydrogen-bond donors (Lipinski definition) is 1. The van der Waals surface area contributed by atoms with E-state index in [1.807, 2.05) is 17.0 Å². The van der Waals surface area contributed by atoms with Crippen LogP contribution in [0.25, 0.3) is 0 Å². The second kappa shape index (κ2) is 8.17. The van der Waals surface area contributed by atoms with Gasteiger partial charge >= 0.3 is 0 Å². The lowest BCUT2D eigenvalue weighted by Gasteiger charge is -2.41. The van der Waals surface area contributed by atoms with Crippen LogP contribution in [-0.2, 0) is 11.3 Å². The van der Waals surface area contributed by atoms with E-state index in [-0.39, 0.29) is 17.9 Å². The standard InChI is InChI=1S/C19H28N2O4/c1-2-4-19(15-22)5-3-6-21(14-19)18(23)16-11-17(25-13-16)12-20-7-9-24-10-8-20/h2,11,13,22H,1,3-10,12,14-15H2/t19-/m1/s1. The van der Waals surface area contributed by atoms with E-state index in [1.54, 1.807) is 6.26 Å². The summed E-state index contributed by atoms with van der Waals surface area (Å²) < 4.78 is 11.0. The largest absolute Gasteiger partial charge is 0.467 e. The normalized spacial score (nSPS) is 25.1. The molecule has 2 aliphatic rings. The van der Waals surface area contributed by atoms with Crippen molar-refractivity contribution < 1.29 is 19.1 Å². The van der Waals surface area contributed by atoms with E-state index < -0.39 is 0 Å². The second-order valence-electron chi connectivity index (χ2n) is 7.17. The Morgan fingerprint density at radius 2 is 2.16 bits per heavy atom. The molecule has 0 aromatic carbocycles. The lowest BCUT2D eigenvalue weighted by atomic mass is 9.77. The van der Waals surface area contributed by atoms with Crippen LogP contribution in [0.1, 0.15) is 35.4 Å². The van der Waals surface area contributed by atoms with E-state index in [4.69, 9.17) is 9.15 Å². The first-order chi connectivity index (χ1) is 12.2. The van der Waals surface area contributed by atoms with Crippen LogP contribution in [0.5, 0.6) is 0 Å². The van der Waals surface area contributed by atoms with Crippen LogP contribution < -0.4 is 0 Å². The molecule has 0 unspecified atom stereocenters. The Hall–Kier alpha value is -1.63. The summed E-state index contributed by atoms with van der Waals surface area (Å²) in [7, 11) is 0. The SMILES string of the molecule is C=CC[C@@]1(CO)CCCN(C(=O)c2coc(CN3CCOCC3)c2)C1. The minimum absolute atomic E-state index is 0.0152. The molecule has 6 heteroatoms. The third-order valence-electron chi connectivity index (χ3n) is 5.25. The molecule has 0 spiro atoms. The van der Waals surface area contributed by atoms with Gasteiger partial charge in [0.05, 0.1) is 31.9 Å². The summed E-state index contributed by atoms with van der Waals surface area (Å²) in [5.41, 5.74) is 0.339. The number of piperidine rings is 1. The third-order valence-corrected chi connectivity index (χ3v) is 5.25. The van der Waals surface area contributed by atoms with Crippen molar-refractivity contribution >= 4 is 5.91 Å². The van der Waals surface area contributed by atoms with E-state index >= 15 is 0 Å². The summed E-state index contributed by atoms with van der Waals surface area (Å²) in [4.78, 5) is 16.9. The van der Waals surface area contributed by atoms with Crippen molar-refractivity contribution in [2.75, 3.05) is 46.0 Å². The fraction of sp³-hybridized carbons (Fsp3) is 0.632. The Bertz CT molecular complexity index is 594. The molecule has 3 heterocycles. The predicted octanol–water partition coefficient (Wildman–Crippen LogP) is 1.90. The van der Waals surface area contributed by atoms with Gasteiger partial charge < -0.3 is 19.2 Å². The fourth-order valence-corrected chi connectivity index (χ4v) is 3.79. The molecule has 1 N–H and O–H groups in total. The van der Waals surface area contributed by atoms with Crippen LogP contribution in [0.4, 0.5) is 0 Å². The number of morpholine rings is 1. The van der Waals surface area contributed by atoms with Gasteiger partial charge in [-0.1, -0.05) is 6.08 Å². The molecule has 0 bridgehead atoms. The van der Waals surface area contributed by atoms with Gasteiger partial charge in [0.1, 0.15) is 12.0 Å². The number of nitrogens with zero attached hydrogens (tertiary/aromatic N) is 2. The molecule has 3 rings (SSSR count). The lowest BCUT2D eigenvalue weighted by molar-refractivity contribution is 0.0284. The van der Waals surface area contributed by atoms with Gasteiger partial charge in [0.25, 0.3) is 5.91 Å². The summed E-state index contributed by atoms with van der Waals surface area (Å²) >= 11 is 0. The molecule has 1 atom stereocenters. The van der Waals surface area contributed by atoms with Gasteiger partial charge in [0.2, 0.25) is 0 Å². The molecule has 1 aromatic rings. The molecule has 2 fully saturated rings. The zero-order valence-corrected chi connectivity index (χ0v) is 14.8. The van der Waals surface area contributed by atoms with Gasteiger partial charge in [-0.25, -0.2) is 0 Å². The number of rotatable bonds is 6. The van der Waals surface area contributed by atoms with Crippen molar-refractivity contribution in [1.82, 2.24) is 9.80 Å². The van der Waals surface area contributed by atoms with Crippen molar-refractivity contribution in [3.05, 3.63) is 36.3 Å². The Morgan fingerprint density at radius 3 is 2.88 bits per heavy atom. The van der Waals surface area contributed by atoms with Crippen molar-refractivity contribution in [3.63, 3.8) is 0 Å². The van der Waals surface area contributed by atoms with E-state index in [2.05, 4.69) is 11.5 Å². The smallest absolute Gasteiger partial charge is 0.257 e. The van der Waals surface area contributed by atoms with Crippen molar-refractivity contribution in [3.8, 4) is 0 Å². The predicted molar refractivity (Wildman–Crippen MR) is 94.3 cm³/mol. The van der Waals surface area contributed by atoms with Crippen LogP contribution in [0.15, 0.2) is 29.4 Å². The monoisotopic (exact) mass is 348 g/mol. The number of carbonyl (C=O) groups excluding carboxylic acids is 1. The molecular formula is C19H28N2O4. The molecule has 1 amide bonds. The zero-order chi connectivity index (χ0) is 17.7. The quantitative estimate of drug-likeness (QED) is 0.796. The summed E-state index contributed by atoms with van der Waals surface area (Å²) in [5, 5.41) is 9.81. The first-order valence-corrected chi connectivity index (χ1v) is 9.04. The van der Waals surface area contributed by atoms with Gasteiger partial charge in [-0.2, -0.15) is 0 Å². The molecule has 0 saturated carbocycles. The van der Waals surface area contributed by atoms with Gasteiger partial charge in [0, 0.05) is 31.6 Å². The molecular weight excluding hydrogens is 320 g/mol. The Morgan fingerprint density at radius 1 is 1.36 bits per heavy atom. The number of aliphatic hydroxyl groups excluding tert-OH is 1. The minimum Gasteiger partial charge on any atom is -0.467 e. The fourth-order valence-electron chi connectivity index (χ4n) is 3.79. The number of aliphatic hydroxyl groups is 1. The average Bonchev–Trinajstić information content (AvgIpc) is 3.11. The Kier molecular flexibility index (Phi) is 5.93. The van der Waals surface area contributed by atoms with E-state index in [1.165, 1.54) is 0 Å². The van der Waals surface area contributed by atoms with E-state index in [0.29, 0.717) is 18.7 Å². The molecule has 2 saturated heterocycles. The average molecular weight is 348 g/mol. The number of carbonyl (C=O) groups is 1. The van der Waals surface area contributed by atoms with Crippen LogP contribution >= 0.6 is 0 Å². The van der Waals surface area contributed by atoms with E-state index in [0.717, 1.165) is 57.9 Å². The van der Waals surface area contributed by atoms with Crippen molar-refractivity contribution in [2.45, 2.75) is 25.8 Å².